The van der Waals surface area contributed by atoms with E-state index in [1.807, 2.05) is 0 Å². The molecule has 1 aromatic carbocycles. The van der Waals surface area contributed by atoms with Crippen LogP contribution in [0.4, 0.5) is 13.2 Å². The summed E-state index contributed by atoms with van der Waals surface area (Å²) in [5.74, 6) is 1.99. The Balaban J connectivity index is 1.69. The molecule has 3 atom stereocenters. The highest BCUT2D eigenvalue weighted by atomic mass is 19.4. The van der Waals surface area contributed by atoms with Gasteiger partial charge in [0.05, 0.1) is 5.56 Å². The second-order valence-electron chi connectivity index (χ2n) is 5.44. The first kappa shape index (κ1) is 11.8. The Kier molecular flexibility index (Phi) is 2.72. The molecule has 18 heavy (non-hydrogen) atoms. The molecule has 0 N–H and O–H groups in total. The van der Waals surface area contributed by atoms with E-state index in [0.717, 1.165) is 17.9 Å². The van der Waals surface area contributed by atoms with Crippen LogP contribution in [0.2, 0.25) is 0 Å². The van der Waals surface area contributed by atoms with Gasteiger partial charge in [-0.1, -0.05) is 24.3 Å². The van der Waals surface area contributed by atoms with Crippen LogP contribution in [0.1, 0.15) is 24.0 Å². The molecule has 2 aliphatic rings. The number of fused-ring (bicyclic) bond motifs is 2. The quantitative estimate of drug-likeness (QED) is 0.682. The van der Waals surface area contributed by atoms with Crippen molar-refractivity contribution in [1.82, 2.24) is 0 Å². The molecule has 0 saturated heterocycles. The summed E-state index contributed by atoms with van der Waals surface area (Å²) >= 11 is 0. The van der Waals surface area contributed by atoms with E-state index < -0.39 is 11.7 Å². The van der Waals surface area contributed by atoms with Crippen LogP contribution in [0.25, 0.3) is 0 Å². The molecule has 96 valence electrons. The van der Waals surface area contributed by atoms with E-state index in [1.54, 1.807) is 12.1 Å². The maximum absolute atomic E-state index is 12.4. The zero-order valence-corrected chi connectivity index (χ0v) is 9.95. The molecular weight excluding hydrogens is 237 g/mol. The number of halogens is 3. The summed E-state index contributed by atoms with van der Waals surface area (Å²) < 4.78 is 37.3. The van der Waals surface area contributed by atoms with Crippen molar-refractivity contribution in [3.8, 4) is 0 Å². The molecule has 0 radical (unpaired) electrons. The first-order valence-corrected chi connectivity index (χ1v) is 6.37. The van der Waals surface area contributed by atoms with Crippen molar-refractivity contribution in [3.05, 3.63) is 47.5 Å². The third kappa shape index (κ3) is 2.18. The number of allylic oxidation sites excluding steroid dienone is 2. The molecule has 0 nitrogen and oxygen atoms in total. The minimum absolute atomic E-state index is 0.556. The molecule has 1 fully saturated rings. The number of alkyl halides is 3. The van der Waals surface area contributed by atoms with Crippen LogP contribution < -0.4 is 0 Å². The smallest absolute Gasteiger partial charge is 0.166 e. The Morgan fingerprint density at radius 1 is 1.00 bits per heavy atom. The van der Waals surface area contributed by atoms with Crippen LogP contribution in [0, 0.1) is 17.8 Å². The van der Waals surface area contributed by atoms with Gasteiger partial charge in [-0.3, -0.25) is 0 Å². The lowest BCUT2D eigenvalue weighted by Crippen LogP contribution is -2.10. The fourth-order valence-electron chi connectivity index (χ4n) is 3.26. The van der Waals surface area contributed by atoms with Gasteiger partial charge in [0.15, 0.2) is 0 Å². The van der Waals surface area contributed by atoms with Crippen molar-refractivity contribution < 1.29 is 13.2 Å². The summed E-state index contributed by atoms with van der Waals surface area (Å²) in [6, 6.07) is 5.63. The third-order valence-electron chi connectivity index (χ3n) is 4.20. The Morgan fingerprint density at radius 2 is 1.72 bits per heavy atom. The Hall–Kier alpha value is -1.25. The first-order valence-electron chi connectivity index (χ1n) is 6.37. The zero-order chi connectivity index (χ0) is 12.8. The molecule has 1 saturated carbocycles. The number of benzene rings is 1. The van der Waals surface area contributed by atoms with E-state index in [1.165, 1.54) is 25.0 Å². The lowest BCUT2D eigenvalue weighted by molar-refractivity contribution is -0.137. The molecule has 1 aromatic rings. The topological polar surface area (TPSA) is 0 Å². The molecule has 3 heteroatoms. The van der Waals surface area contributed by atoms with E-state index in [4.69, 9.17) is 0 Å². The van der Waals surface area contributed by atoms with E-state index in [-0.39, 0.29) is 0 Å². The predicted octanol–water partition coefficient (Wildman–Crippen LogP) is 4.46. The van der Waals surface area contributed by atoms with Gasteiger partial charge < -0.3 is 0 Å². The minimum atomic E-state index is -4.23. The van der Waals surface area contributed by atoms with Crippen molar-refractivity contribution in [2.75, 3.05) is 0 Å². The predicted molar refractivity (Wildman–Crippen MR) is 64.0 cm³/mol. The van der Waals surface area contributed by atoms with Crippen LogP contribution >= 0.6 is 0 Å². The van der Waals surface area contributed by atoms with Crippen LogP contribution in [0.5, 0.6) is 0 Å². The average molecular weight is 252 g/mol. The van der Waals surface area contributed by atoms with Gasteiger partial charge in [-0.2, -0.15) is 13.2 Å². The highest BCUT2D eigenvalue weighted by Gasteiger charge is 2.35. The molecule has 0 spiro atoms. The normalized spacial score (nSPS) is 30.1. The SMILES string of the molecule is FC(F)(F)c1ccc(C[C@H]2CC3C=CC2C3)cc1. The molecule has 0 aliphatic heterocycles. The van der Waals surface area contributed by atoms with E-state index in [0.29, 0.717) is 11.8 Å². The zero-order valence-electron chi connectivity index (χ0n) is 9.95. The highest BCUT2D eigenvalue weighted by molar-refractivity contribution is 5.26. The number of hydrogen-bond donors (Lipinski definition) is 0. The van der Waals surface area contributed by atoms with Crippen LogP contribution in [0.15, 0.2) is 36.4 Å². The first-order chi connectivity index (χ1) is 8.52. The molecule has 2 aliphatic carbocycles. The Bertz CT molecular complexity index is 456. The summed E-state index contributed by atoms with van der Waals surface area (Å²) in [6.45, 7) is 0. The summed E-state index contributed by atoms with van der Waals surface area (Å²) in [4.78, 5) is 0. The molecule has 2 bridgehead atoms. The molecule has 0 amide bonds. The Morgan fingerprint density at radius 3 is 2.22 bits per heavy atom. The van der Waals surface area contributed by atoms with Crippen LogP contribution in [-0.4, -0.2) is 0 Å². The van der Waals surface area contributed by atoms with Crippen molar-refractivity contribution >= 4 is 0 Å². The lowest BCUT2D eigenvalue weighted by atomic mass is 9.87. The largest absolute Gasteiger partial charge is 0.416 e. The van der Waals surface area contributed by atoms with Gasteiger partial charge in [0, 0.05) is 0 Å². The maximum atomic E-state index is 12.4. The van der Waals surface area contributed by atoms with Gasteiger partial charge in [-0.05, 0) is 54.7 Å². The van der Waals surface area contributed by atoms with E-state index in [9.17, 15) is 13.2 Å². The second-order valence-corrected chi connectivity index (χ2v) is 5.44. The maximum Gasteiger partial charge on any atom is 0.416 e. The van der Waals surface area contributed by atoms with E-state index in [2.05, 4.69) is 12.2 Å². The summed E-state index contributed by atoms with van der Waals surface area (Å²) in [5, 5.41) is 0. The molecule has 0 heterocycles. The van der Waals surface area contributed by atoms with Crippen molar-refractivity contribution in [3.63, 3.8) is 0 Å². The molecular formula is C15H15F3. The summed E-state index contributed by atoms with van der Waals surface area (Å²) in [7, 11) is 0. The highest BCUT2D eigenvalue weighted by Crippen LogP contribution is 2.44. The number of hydrogen-bond acceptors (Lipinski definition) is 0. The Labute approximate surface area is 105 Å². The van der Waals surface area contributed by atoms with Crippen LogP contribution in [-0.2, 0) is 12.6 Å². The van der Waals surface area contributed by atoms with Gasteiger partial charge in [-0.25, -0.2) is 0 Å². The third-order valence-corrected chi connectivity index (χ3v) is 4.20. The summed E-state index contributed by atoms with van der Waals surface area (Å²) in [6.07, 6.45) is 3.68. The van der Waals surface area contributed by atoms with Gasteiger partial charge >= 0.3 is 6.18 Å². The molecule has 0 aromatic heterocycles. The molecule has 3 rings (SSSR count). The lowest BCUT2D eigenvalue weighted by Gasteiger charge is -2.18. The monoisotopic (exact) mass is 252 g/mol. The van der Waals surface area contributed by atoms with Crippen molar-refractivity contribution in [1.29, 1.82) is 0 Å². The standard InChI is InChI=1S/C15H15F3/c16-15(17,18)14-5-2-10(3-6-14)7-13-9-11-1-4-12(13)8-11/h1-6,11-13H,7-9H2/t11?,12?,13-/m0/s1. The number of rotatable bonds is 2. The van der Waals surface area contributed by atoms with Crippen molar-refractivity contribution in [2.24, 2.45) is 17.8 Å². The van der Waals surface area contributed by atoms with Crippen molar-refractivity contribution in [2.45, 2.75) is 25.4 Å². The summed E-state index contributed by atoms with van der Waals surface area (Å²) in [5.41, 5.74) is 0.466. The minimum Gasteiger partial charge on any atom is -0.166 e. The fourth-order valence-corrected chi connectivity index (χ4v) is 3.26. The fraction of sp³-hybridized carbons (Fsp3) is 0.467. The average Bonchev–Trinajstić information content (AvgIpc) is 2.90. The second kappa shape index (κ2) is 4.15. The van der Waals surface area contributed by atoms with Gasteiger partial charge in [-0.15, -0.1) is 0 Å². The van der Waals surface area contributed by atoms with Crippen LogP contribution in [0.3, 0.4) is 0 Å². The molecule has 2 unspecified atom stereocenters. The van der Waals surface area contributed by atoms with Gasteiger partial charge in [0.1, 0.15) is 0 Å². The van der Waals surface area contributed by atoms with E-state index >= 15 is 0 Å². The van der Waals surface area contributed by atoms with Gasteiger partial charge in [0.25, 0.3) is 0 Å². The van der Waals surface area contributed by atoms with Gasteiger partial charge in [0.2, 0.25) is 0 Å².